The first kappa shape index (κ1) is 20.7. The number of halogens is 1. The van der Waals surface area contributed by atoms with Crippen LogP contribution in [0.15, 0.2) is 60.7 Å². The molecule has 0 saturated heterocycles. The third-order valence-electron chi connectivity index (χ3n) is 3.23. The van der Waals surface area contributed by atoms with E-state index in [1.807, 2.05) is 0 Å². The van der Waals surface area contributed by atoms with E-state index < -0.39 is 30.4 Å². The van der Waals surface area contributed by atoms with Crippen molar-refractivity contribution < 1.29 is 29.0 Å². The van der Waals surface area contributed by atoms with E-state index in [0.717, 1.165) is 6.08 Å². The van der Waals surface area contributed by atoms with Gasteiger partial charge < -0.3 is 20.5 Å². The van der Waals surface area contributed by atoms with Crippen LogP contribution in [0.2, 0.25) is 5.02 Å². The van der Waals surface area contributed by atoms with Gasteiger partial charge in [0.1, 0.15) is 0 Å². The Balaban J connectivity index is 1.83. The summed E-state index contributed by atoms with van der Waals surface area (Å²) < 4.78 is 4.93. The van der Waals surface area contributed by atoms with Gasteiger partial charge in [-0.25, -0.2) is 9.59 Å². The predicted octanol–water partition coefficient (Wildman–Crippen LogP) is 2.71. The molecule has 2 aromatic carbocycles. The lowest BCUT2D eigenvalue weighted by molar-refractivity contribution is -0.131. The van der Waals surface area contributed by atoms with Gasteiger partial charge in [-0.3, -0.25) is 9.59 Å². The number of rotatable bonds is 7. The zero-order chi connectivity index (χ0) is 20.5. The number of ether oxygens (including phenoxy) is 1. The Morgan fingerprint density at radius 1 is 0.893 bits per heavy atom. The second-order valence-electron chi connectivity index (χ2n) is 5.37. The Morgan fingerprint density at radius 2 is 1.46 bits per heavy atom. The number of carbonyl (C=O) groups excluding carboxylic acids is 3. The normalized spacial score (nSPS) is 10.3. The molecule has 3 N–H and O–H groups in total. The monoisotopic (exact) mass is 402 g/mol. The second kappa shape index (κ2) is 9.89. The summed E-state index contributed by atoms with van der Waals surface area (Å²) in [5.74, 6) is -3.09. The van der Waals surface area contributed by atoms with E-state index >= 15 is 0 Å². The minimum Gasteiger partial charge on any atom is -0.478 e. The highest BCUT2D eigenvalue weighted by Crippen LogP contribution is 2.14. The van der Waals surface area contributed by atoms with Gasteiger partial charge in [-0.2, -0.15) is 0 Å². The molecule has 28 heavy (non-hydrogen) atoms. The highest BCUT2D eigenvalue weighted by atomic mass is 35.5. The molecule has 2 aromatic rings. The zero-order valence-corrected chi connectivity index (χ0v) is 15.1. The minimum absolute atomic E-state index is 0.179. The first-order valence-electron chi connectivity index (χ1n) is 7.88. The van der Waals surface area contributed by atoms with Gasteiger partial charge in [0.2, 0.25) is 5.91 Å². The van der Waals surface area contributed by atoms with Gasteiger partial charge >= 0.3 is 11.9 Å². The van der Waals surface area contributed by atoms with Gasteiger partial charge in [-0.1, -0.05) is 11.6 Å². The molecule has 0 aliphatic heterocycles. The van der Waals surface area contributed by atoms with E-state index in [1.54, 1.807) is 24.3 Å². The fourth-order valence-electron chi connectivity index (χ4n) is 1.97. The van der Waals surface area contributed by atoms with Gasteiger partial charge in [-0.15, -0.1) is 0 Å². The van der Waals surface area contributed by atoms with Crippen LogP contribution in [-0.2, 0) is 19.1 Å². The van der Waals surface area contributed by atoms with E-state index in [1.165, 1.54) is 24.3 Å². The van der Waals surface area contributed by atoms with Crippen LogP contribution in [0.3, 0.4) is 0 Å². The number of hydrogen-bond donors (Lipinski definition) is 3. The second-order valence-corrected chi connectivity index (χ2v) is 5.81. The topological polar surface area (TPSA) is 122 Å². The lowest BCUT2D eigenvalue weighted by Crippen LogP contribution is -2.20. The molecule has 2 rings (SSSR count). The van der Waals surface area contributed by atoms with Crippen molar-refractivity contribution in [3.63, 3.8) is 0 Å². The van der Waals surface area contributed by atoms with E-state index in [4.69, 9.17) is 21.4 Å². The summed E-state index contributed by atoms with van der Waals surface area (Å²) in [6, 6.07) is 12.1. The number of carboxylic acids is 1. The number of esters is 1. The molecule has 0 spiro atoms. The smallest absolute Gasteiger partial charge is 0.338 e. The Morgan fingerprint density at radius 3 is 2.07 bits per heavy atom. The van der Waals surface area contributed by atoms with Crippen molar-refractivity contribution >= 4 is 46.7 Å². The van der Waals surface area contributed by atoms with Crippen molar-refractivity contribution in [3.8, 4) is 0 Å². The molecule has 2 amide bonds. The molecule has 0 saturated carbocycles. The first-order valence-corrected chi connectivity index (χ1v) is 8.26. The maximum Gasteiger partial charge on any atom is 0.338 e. The van der Waals surface area contributed by atoms with Gasteiger partial charge in [-0.05, 0) is 48.5 Å². The molecule has 144 valence electrons. The zero-order valence-electron chi connectivity index (χ0n) is 14.3. The summed E-state index contributed by atoms with van der Waals surface area (Å²) in [6.45, 7) is -0.472. The summed E-state index contributed by atoms with van der Waals surface area (Å²) in [6.07, 6.45) is 1.57. The summed E-state index contributed by atoms with van der Waals surface area (Å²) in [7, 11) is 0. The molecule has 0 heterocycles. The van der Waals surface area contributed by atoms with Crippen LogP contribution in [0.25, 0.3) is 0 Å². The lowest BCUT2D eigenvalue weighted by Gasteiger charge is -2.07. The lowest BCUT2D eigenvalue weighted by atomic mass is 10.2. The molecule has 0 aliphatic carbocycles. The van der Waals surface area contributed by atoms with Crippen molar-refractivity contribution in [2.24, 2.45) is 0 Å². The predicted molar refractivity (Wildman–Crippen MR) is 102 cm³/mol. The Labute approximate surface area is 164 Å². The third-order valence-corrected chi connectivity index (χ3v) is 3.48. The number of nitrogens with one attached hydrogen (secondary N) is 2. The fourth-order valence-corrected chi connectivity index (χ4v) is 2.09. The van der Waals surface area contributed by atoms with Gasteiger partial charge in [0.05, 0.1) is 5.56 Å². The van der Waals surface area contributed by atoms with Gasteiger partial charge in [0, 0.05) is 28.5 Å². The first-order chi connectivity index (χ1) is 13.3. The number of carboxylic acid groups (broad SMARTS) is 1. The third kappa shape index (κ3) is 6.93. The molecule has 0 radical (unpaired) electrons. The average molecular weight is 403 g/mol. The maximum atomic E-state index is 12.0. The van der Waals surface area contributed by atoms with Crippen LogP contribution in [0, 0.1) is 0 Å². The summed E-state index contributed by atoms with van der Waals surface area (Å²) in [5, 5.41) is 14.0. The van der Waals surface area contributed by atoms with Crippen LogP contribution in [-0.4, -0.2) is 35.5 Å². The molecule has 8 nitrogen and oxygen atoms in total. The highest BCUT2D eigenvalue weighted by Gasteiger charge is 2.11. The number of hydrogen-bond acceptors (Lipinski definition) is 5. The number of benzene rings is 2. The van der Waals surface area contributed by atoms with Gasteiger partial charge in [0.15, 0.2) is 6.61 Å². The van der Waals surface area contributed by atoms with Crippen molar-refractivity contribution in [1.82, 2.24) is 0 Å². The highest BCUT2D eigenvalue weighted by molar-refractivity contribution is 6.30. The largest absolute Gasteiger partial charge is 0.478 e. The molecule has 0 fully saturated rings. The molecule has 0 aliphatic rings. The Kier molecular flexibility index (Phi) is 7.29. The van der Waals surface area contributed by atoms with E-state index in [9.17, 15) is 19.2 Å². The maximum absolute atomic E-state index is 12.0. The quantitative estimate of drug-likeness (QED) is 0.483. The van der Waals surface area contributed by atoms with Crippen molar-refractivity contribution in [3.05, 3.63) is 71.3 Å². The Hall–Kier alpha value is -3.65. The Bertz CT molecular complexity index is 907. The van der Waals surface area contributed by atoms with E-state index in [2.05, 4.69) is 10.6 Å². The standard InChI is InChI=1S/C19H15ClN2O6/c20-13-3-7-15(8-4-13)22-17(24)11-28-19(27)12-1-5-14(6-2-12)21-16(23)9-10-18(25)26/h1-10H,11H2,(H,21,23)(H,22,24)(H,25,26)/b10-9+. The van der Waals surface area contributed by atoms with E-state index in [0.29, 0.717) is 22.5 Å². The molecular formula is C19H15ClN2O6. The van der Waals surface area contributed by atoms with Crippen molar-refractivity contribution in [2.45, 2.75) is 0 Å². The van der Waals surface area contributed by atoms with Crippen LogP contribution >= 0.6 is 11.6 Å². The summed E-state index contributed by atoms with van der Waals surface area (Å²) >= 11 is 5.75. The summed E-state index contributed by atoms with van der Waals surface area (Å²) in [4.78, 5) is 45.6. The average Bonchev–Trinajstić information content (AvgIpc) is 2.67. The number of carbonyl (C=O) groups is 4. The summed E-state index contributed by atoms with van der Waals surface area (Å²) in [5.41, 5.74) is 1.05. The van der Waals surface area contributed by atoms with Crippen molar-refractivity contribution in [2.75, 3.05) is 17.2 Å². The van der Waals surface area contributed by atoms with Crippen LogP contribution in [0.4, 0.5) is 11.4 Å². The number of anilines is 2. The van der Waals surface area contributed by atoms with Crippen LogP contribution in [0.1, 0.15) is 10.4 Å². The van der Waals surface area contributed by atoms with Crippen LogP contribution < -0.4 is 10.6 Å². The molecule has 0 unspecified atom stereocenters. The van der Waals surface area contributed by atoms with Crippen LogP contribution in [0.5, 0.6) is 0 Å². The van der Waals surface area contributed by atoms with Crippen molar-refractivity contribution in [1.29, 1.82) is 0 Å². The minimum atomic E-state index is -1.24. The fraction of sp³-hybridized carbons (Fsp3) is 0.0526. The molecule has 0 aromatic heterocycles. The molecule has 0 bridgehead atoms. The van der Waals surface area contributed by atoms with Gasteiger partial charge in [0.25, 0.3) is 5.91 Å². The molecular weight excluding hydrogens is 388 g/mol. The number of amides is 2. The molecule has 0 atom stereocenters. The number of aliphatic carboxylic acids is 1. The molecule has 9 heteroatoms. The SMILES string of the molecule is O=C(O)/C=C/C(=O)Nc1ccc(C(=O)OCC(=O)Nc2ccc(Cl)cc2)cc1. The van der Waals surface area contributed by atoms with E-state index in [-0.39, 0.29) is 5.56 Å².